The Morgan fingerprint density at radius 1 is 1.14 bits per heavy atom. The predicted molar refractivity (Wildman–Crippen MR) is 114 cm³/mol. The normalized spacial score (nSPS) is 14.5. The monoisotopic (exact) mass is 408 g/mol. The minimum Gasteiger partial charge on any atom is -0.453 e. The van der Waals surface area contributed by atoms with Crippen LogP contribution in [0.15, 0.2) is 58.0 Å². The molecule has 0 atom stereocenters. The van der Waals surface area contributed by atoms with Crippen molar-refractivity contribution in [3.8, 4) is 5.75 Å². The van der Waals surface area contributed by atoms with Crippen molar-refractivity contribution < 1.29 is 13.9 Å². The Kier molecular flexibility index (Phi) is 5.41. The number of anilines is 1. The minimum atomic E-state index is -0.519. The third-order valence-electron chi connectivity index (χ3n) is 4.94. The fourth-order valence-corrected chi connectivity index (χ4v) is 3.57. The number of halogens is 1. The highest BCUT2D eigenvalue weighted by atomic mass is 35.5. The third kappa shape index (κ3) is 4.05. The molecule has 0 fully saturated rings. The zero-order valence-electron chi connectivity index (χ0n) is 16.3. The van der Waals surface area contributed by atoms with Gasteiger partial charge in [-0.05, 0) is 62.6 Å². The second-order valence-electron chi connectivity index (χ2n) is 7.04. The molecule has 0 spiro atoms. The number of carbonyl (C=O) groups excluding carboxylic acids is 1. The van der Waals surface area contributed by atoms with E-state index in [1.165, 1.54) is 0 Å². The van der Waals surface area contributed by atoms with E-state index in [0.717, 1.165) is 53.1 Å². The summed E-state index contributed by atoms with van der Waals surface area (Å²) in [6.07, 6.45) is 2.51. The first-order valence-corrected chi connectivity index (χ1v) is 9.89. The Labute approximate surface area is 174 Å². The summed E-state index contributed by atoms with van der Waals surface area (Å²) in [7, 11) is 0. The summed E-state index contributed by atoms with van der Waals surface area (Å²) in [5.74, 6) is 0.915. The topological polar surface area (TPSA) is 63.8 Å². The van der Waals surface area contributed by atoms with E-state index in [9.17, 15) is 4.79 Å². The van der Waals surface area contributed by atoms with Gasteiger partial charge in [-0.25, -0.2) is 4.79 Å². The van der Waals surface area contributed by atoms with Crippen molar-refractivity contribution in [1.29, 1.82) is 0 Å². The van der Waals surface area contributed by atoms with Gasteiger partial charge in [-0.2, -0.15) is 5.10 Å². The van der Waals surface area contributed by atoms with Crippen LogP contribution in [0.25, 0.3) is 0 Å². The molecule has 0 unspecified atom stereocenters. The molecule has 0 saturated heterocycles. The molecule has 1 heterocycles. The number of para-hydroxylation sites is 1. The van der Waals surface area contributed by atoms with Crippen LogP contribution in [0, 0.1) is 13.8 Å². The molecule has 0 saturated carbocycles. The van der Waals surface area contributed by atoms with Crippen LogP contribution in [0.3, 0.4) is 0 Å². The third-order valence-corrected chi connectivity index (χ3v) is 5.37. The zero-order valence-corrected chi connectivity index (χ0v) is 17.0. The average molecular weight is 409 g/mol. The number of furan rings is 1. The van der Waals surface area contributed by atoms with Crippen LogP contribution in [-0.4, -0.2) is 11.7 Å². The van der Waals surface area contributed by atoms with Crippen LogP contribution in [0.1, 0.15) is 45.8 Å². The van der Waals surface area contributed by atoms with Gasteiger partial charge in [0.2, 0.25) is 5.76 Å². The van der Waals surface area contributed by atoms with Gasteiger partial charge < -0.3 is 9.15 Å². The Balaban J connectivity index is 1.60. The van der Waals surface area contributed by atoms with Gasteiger partial charge >= 0.3 is 5.97 Å². The lowest BCUT2D eigenvalue weighted by Crippen LogP contribution is -2.13. The number of nitrogens with zero attached hydrogens (tertiary/aromatic N) is 1. The molecule has 0 aliphatic heterocycles. The number of hydrazone groups is 1. The lowest BCUT2D eigenvalue weighted by atomic mass is 9.93. The summed E-state index contributed by atoms with van der Waals surface area (Å²) in [4.78, 5) is 12.7. The van der Waals surface area contributed by atoms with E-state index in [4.69, 9.17) is 20.8 Å². The Hall–Kier alpha value is -3.05. The van der Waals surface area contributed by atoms with Crippen molar-refractivity contribution in [1.82, 2.24) is 0 Å². The number of hydrogen-bond donors (Lipinski definition) is 1. The predicted octanol–water partition coefficient (Wildman–Crippen LogP) is 5.92. The van der Waals surface area contributed by atoms with Crippen LogP contribution in [0.4, 0.5) is 5.69 Å². The van der Waals surface area contributed by atoms with Crippen molar-refractivity contribution in [2.24, 2.45) is 5.10 Å². The largest absolute Gasteiger partial charge is 0.453 e. The molecule has 148 valence electrons. The van der Waals surface area contributed by atoms with Gasteiger partial charge in [0.15, 0.2) is 0 Å². The van der Waals surface area contributed by atoms with Crippen molar-refractivity contribution in [2.75, 3.05) is 5.43 Å². The first-order valence-electron chi connectivity index (χ1n) is 9.51. The van der Waals surface area contributed by atoms with E-state index >= 15 is 0 Å². The molecule has 1 aliphatic rings. The summed E-state index contributed by atoms with van der Waals surface area (Å²) in [5.41, 5.74) is 7.38. The molecule has 0 radical (unpaired) electrons. The molecule has 3 aromatic rings. The molecule has 5 nitrogen and oxygen atoms in total. The zero-order chi connectivity index (χ0) is 20.4. The number of esters is 1. The quantitative estimate of drug-likeness (QED) is 0.330. The molecule has 4 rings (SSSR count). The number of fused-ring (bicyclic) bond motifs is 1. The summed E-state index contributed by atoms with van der Waals surface area (Å²) in [6.45, 7) is 3.73. The van der Waals surface area contributed by atoms with Crippen molar-refractivity contribution in [3.63, 3.8) is 0 Å². The Morgan fingerprint density at radius 3 is 2.69 bits per heavy atom. The average Bonchev–Trinajstić information content (AvgIpc) is 3.07. The lowest BCUT2D eigenvalue weighted by Gasteiger charge is -2.13. The molecule has 2 aromatic carbocycles. The first-order chi connectivity index (χ1) is 14.0. The SMILES string of the molecule is Cc1cc(OC(=O)c2oc3c(c2C)/C(=N/Nc2ccccc2)CCC3)ccc1Cl. The van der Waals surface area contributed by atoms with E-state index in [1.54, 1.807) is 18.2 Å². The second kappa shape index (κ2) is 8.13. The van der Waals surface area contributed by atoms with Crippen LogP contribution in [0.2, 0.25) is 5.02 Å². The van der Waals surface area contributed by atoms with Crippen LogP contribution >= 0.6 is 11.6 Å². The Morgan fingerprint density at radius 2 is 1.93 bits per heavy atom. The molecule has 1 aromatic heterocycles. The molecular weight excluding hydrogens is 388 g/mol. The number of carbonyl (C=O) groups is 1. The van der Waals surface area contributed by atoms with Crippen LogP contribution in [-0.2, 0) is 6.42 Å². The maximum absolute atomic E-state index is 12.7. The molecule has 6 heteroatoms. The van der Waals surface area contributed by atoms with E-state index in [-0.39, 0.29) is 5.76 Å². The number of hydrogen-bond acceptors (Lipinski definition) is 5. The summed E-state index contributed by atoms with van der Waals surface area (Å²) < 4.78 is 11.4. The fourth-order valence-electron chi connectivity index (χ4n) is 3.45. The van der Waals surface area contributed by atoms with E-state index in [2.05, 4.69) is 10.5 Å². The highest BCUT2D eigenvalue weighted by Crippen LogP contribution is 2.31. The van der Waals surface area contributed by atoms with Crippen molar-refractivity contribution >= 4 is 29.0 Å². The number of ether oxygens (including phenoxy) is 1. The summed E-state index contributed by atoms with van der Waals surface area (Å²) in [6, 6.07) is 14.9. The second-order valence-corrected chi connectivity index (χ2v) is 7.45. The maximum Gasteiger partial charge on any atom is 0.379 e. The highest BCUT2D eigenvalue weighted by Gasteiger charge is 2.29. The minimum absolute atomic E-state index is 0.219. The van der Waals surface area contributed by atoms with Gasteiger partial charge in [0.05, 0.1) is 11.4 Å². The van der Waals surface area contributed by atoms with Gasteiger partial charge in [-0.1, -0.05) is 29.8 Å². The van der Waals surface area contributed by atoms with E-state index in [0.29, 0.717) is 10.8 Å². The van der Waals surface area contributed by atoms with Gasteiger partial charge in [0.1, 0.15) is 11.5 Å². The fraction of sp³-hybridized carbons (Fsp3) is 0.217. The maximum atomic E-state index is 12.7. The van der Waals surface area contributed by atoms with Gasteiger partial charge in [0.25, 0.3) is 0 Å². The molecular formula is C23H21ClN2O3. The number of nitrogens with one attached hydrogen (secondary N) is 1. The smallest absolute Gasteiger partial charge is 0.379 e. The van der Waals surface area contributed by atoms with Crippen LogP contribution in [0.5, 0.6) is 5.75 Å². The number of rotatable bonds is 4. The van der Waals surface area contributed by atoms with Gasteiger partial charge in [-0.3, -0.25) is 5.43 Å². The molecule has 29 heavy (non-hydrogen) atoms. The lowest BCUT2D eigenvalue weighted by molar-refractivity contribution is 0.0698. The molecule has 0 bridgehead atoms. The number of benzene rings is 2. The standard InChI is InChI=1S/C23H21ClN2O3/c1-14-13-17(11-12-18(14)24)28-23(27)22-15(2)21-19(9-6-10-20(21)29-22)26-25-16-7-4-3-5-8-16/h3-5,7-8,11-13,25H,6,9-10H2,1-2H3/b26-19+. The van der Waals surface area contributed by atoms with E-state index in [1.807, 2.05) is 44.2 Å². The molecule has 1 N–H and O–H groups in total. The number of aryl methyl sites for hydroxylation is 2. The molecule has 1 aliphatic carbocycles. The highest BCUT2D eigenvalue weighted by molar-refractivity contribution is 6.31. The summed E-state index contributed by atoms with van der Waals surface area (Å²) in [5, 5.41) is 5.20. The van der Waals surface area contributed by atoms with Crippen molar-refractivity contribution in [2.45, 2.75) is 33.1 Å². The van der Waals surface area contributed by atoms with Gasteiger partial charge in [-0.15, -0.1) is 0 Å². The Bertz CT molecular complexity index is 1090. The van der Waals surface area contributed by atoms with Crippen LogP contribution < -0.4 is 10.2 Å². The van der Waals surface area contributed by atoms with Gasteiger partial charge in [0, 0.05) is 22.6 Å². The summed E-state index contributed by atoms with van der Waals surface area (Å²) >= 11 is 6.04. The first kappa shape index (κ1) is 19.3. The van der Waals surface area contributed by atoms with E-state index < -0.39 is 5.97 Å². The van der Waals surface area contributed by atoms with Crippen molar-refractivity contribution in [3.05, 3.63) is 81.8 Å². The molecule has 0 amide bonds.